The van der Waals surface area contributed by atoms with Crippen LogP contribution in [-0.4, -0.2) is 37.0 Å². The highest BCUT2D eigenvalue weighted by Gasteiger charge is 2.27. The number of esters is 3. The number of amides is 1. The molecule has 68 heavy (non-hydrogen) atoms. The van der Waals surface area contributed by atoms with Crippen LogP contribution >= 0.6 is 0 Å². The average molecular weight is 914 g/mol. The van der Waals surface area contributed by atoms with Crippen molar-refractivity contribution in [2.24, 2.45) is 0 Å². The topological polar surface area (TPSA) is 145 Å². The van der Waals surface area contributed by atoms with Gasteiger partial charge in [0.1, 0.15) is 78.1 Å². The van der Waals surface area contributed by atoms with Crippen LogP contribution in [0.3, 0.4) is 0 Å². The Morgan fingerprint density at radius 2 is 0.794 bits per heavy atom. The van der Waals surface area contributed by atoms with Gasteiger partial charge in [-0.25, -0.2) is 14.4 Å². The minimum atomic E-state index is -1.00. The van der Waals surface area contributed by atoms with Crippen molar-refractivity contribution in [2.75, 3.05) is 7.11 Å². The van der Waals surface area contributed by atoms with E-state index in [0.717, 1.165) is 22.3 Å². The molecule has 7 aromatic carbocycles. The van der Waals surface area contributed by atoms with Crippen molar-refractivity contribution < 1.29 is 52.3 Å². The number of hydrogen-bond donors (Lipinski definition) is 1. The van der Waals surface area contributed by atoms with Crippen LogP contribution in [0.5, 0.6) is 34.5 Å². The first-order valence-corrected chi connectivity index (χ1v) is 21.9. The summed E-state index contributed by atoms with van der Waals surface area (Å²) in [5.41, 5.74) is 5.12. The number of carbonyl (C=O) groups excluding carboxylic acids is 4. The molecule has 0 fully saturated rings. The van der Waals surface area contributed by atoms with Crippen molar-refractivity contribution in [1.29, 1.82) is 0 Å². The molecule has 0 aromatic heterocycles. The van der Waals surface area contributed by atoms with Gasteiger partial charge in [-0.3, -0.25) is 4.79 Å². The predicted octanol–water partition coefficient (Wildman–Crippen LogP) is 10.7. The van der Waals surface area contributed by atoms with E-state index < -0.39 is 29.9 Å². The summed E-state index contributed by atoms with van der Waals surface area (Å²) in [6.45, 7) is 7.05. The van der Waals surface area contributed by atoms with E-state index in [4.69, 9.17) is 33.2 Å². The van der Waals surface area contributed by atoms with Crippen LogP contribution in [0.1, 0.15) is 76.9 Å². The molecule has 0 radical (unpaired) electrons. The summed E-state index contributed by atoms with van der Waals surface area (Å²) in [5.74, 6) is -1.53. The molecular weight excluding hydrogens is 863 g/mol. The standard InChI is InChI=1S/C56H51NO11/c1-36-27-45(30-47(63-32-40-18-10-6-11-19-40)50(36)53(58)57-39(4)54(59)66-35-43-24-16-9-17-25-43)67-56(61)52-38(3)28-46(31-49(52)65-34-42-22-14-8-15-23-42)68-55(60)51-37(2)26-44(62-5)29-48(51)64-33-41-20-12-7-13-21-41/h6-31,39H,32-35H2,1-5H3,(H,57,58)/t39-/m1/s1. The number of hydrogen-bond acceptors (Lipinski definition) is 11. The molecule has 0 unspecified atom stereocenters. The Morgan fingerprint density at radius 1 is 0.456 bits per heavy atom. The van der Waals surface area contributed by atoms with Crippen LogP contribution in [0.15, 0.2) is 158 Å². The van der Waals surface area contributed by atoms with E-state index in [9.17, 15) is 19.2 Å². The lowest BCUT2D eigenvalue weighted by Gasteiger charge is -2.19. The lowest BCUT2D eigenvalue weighted by molar-refractivity contribution is -0.146. The highest BCUT2D eigenvalue weighted by atomic mass is 16.6. The van der Waals surface area contributed by atoms with Gasteiger partial charge in [-0.15, -0.1) is 0 Å². The van der Waals surface area contributed by atoms with Gasteiger partial charge < -0.3 is 38.5 Å². The third-order valence-corrected chi connectivity index (χ3v) is 10.7. The quantitative estimate of drug-likeness (QED) is 0.0611. The highest BCUT2D eigenvalue weighted by molar-refractivity contribution is 6.01. The van der Waals surface area contributed by atoms with Crippen molar-refractivity contribution in [3.05, 3.63) is 213 Å². The average Bonchev–Trinajstić information content (AvgIpc) is 3.34. The first-order valence-electron chi connectivity index (χ1n) is 21.9. The van der Waals surface area contributed by atoms with Crippen molar-refractivity contribution in [2.45, 2.75) is 60.2 Å². The fraction of sp³-hybridized carbons (Fsp3) is 0.179. The fourth-order valence-electron chi connectivity index (χ4n) is 7.26. The summed E-state index contributed by atoms with van der Waals surface area (Å²) >= 11 is 0. The van der Waals surface area contributed by atoms with Gasteiger partial charge in [0.15, 0.2) is 0 Å². The van der Waals surface area contributed by atoms with Crippen molar-refractivity contribution in [3.8, 4) is 34.5 Å². The molecule has 346 valence electrons. The Hall–Kier alpha value is -8.38. The predicted molar refractivity (Wildman–Crippen MR) is 255 cm³/mol. The van der Waals surface area contributed by atoms with Crippen LogP contribution in [0.4, 0.5) is 0 Å². The normalized spacial score (nSPS) is 11.1. The summed E-state index contributed by atoms with van der Waals surface area (Å²) in [7, 11) is 1.53. The number of nitrogens with one attached hydrogen (secondary N) is 1. The summed E-state index contributed by atoms with van der Waals surface area (Å²) in [6.07, 6.45) is 0. The number of rotatable bonds is 19. The van der Waals surface area contributed by atoms with Crippen LogP contribution in [0.2, 0.25) is 0 Å². The third-order valence-electron chi connectivity index (χ3n) is 10.7. The second-order valence-electron chi connectivity index (χ2n) is 15.9. The highest BCUT2D eigenvalue weighted by Crippen LogP contribution is 2.36. The molecular formula is C56H51NO11. The number of aryl methyl sites for hydroxylation is 3. The maximum Gasteiger partial charge on any atom is 0.347 e. The van der Waals surface area contributed by atoms with Crippen LogP contribution in [0, 0.1) is 20.8 Å². The molecule has 1 N–H and O–H groups in total. The Balaban J connectivity index is 1.16. The Labute approximate surface area is 395 Å². The third kappa shape index (κ3) is 12.5. The van der Waals surface area contributed by atoms with Gasteiger partial charge in [-0.05, 0) is 84.8 Å². The number of methoxy groups -OCH3 is 1. The van der Waals surface area contributed by atoms with Gasteiger partial charge in [0.05, 0.1) is 12.7 Å². The van der Waals surface area contributed by atoms with E-state index in [1.165, 1.54) is 32.2 Å². The summed E-state index contributed by atoms with van der Waals surface area (Å²) in [6, 6.07) is 45.8. The number of carbonyl (C=O) groups is 4. The summed E-state index contributed by atoms with van der Waals surface area (Å²) in [4.78, 5) is 55.3. The molecule has 0 saturated carbocycles. The van der Waals surface area contributed by atoms with Crippen LogP contribution in [0.25, 0.3) is 0 Å². The second-order valence-corrected chi connectivity index (χ2v) is 15.9. The molecule has 0 heterocycles. The van der Waals surface area contributed by atoms with E-state index in [0.29, 0.717) is 22.4 Å². The van der Waals surface area contributed by atoms with Gasteiger partial charge in [0, 0.05) is 18.2 Å². The molecule has 12 heteroatoms. The van der Waals surface area contributed by atoms with Crippen LogP contribution in [-0.2, 0) is 36.0 Å². The zero-order valence-electron chi connectivity index (χ0n) is 38.4. The Morgan fingerprint density at radius 3 is 1.19 bits per heavy atom. The molecule has 7 aromatic rings. The SMILES string of the molecule is COc1cc(C)c(C(=O)Oc2cc(C)c(C(=O)Oc3cc(C)c(C(=O)N[C@H](C)C(=O)OCc4ccccc4)c(OCc4ccccc4)c3)c(OCc3ccccc3)c2)c(OCc2ccccc2)c1. The van der Waals surface area contributed by atoms with Gasteiger partial charge >= 0.3 is 17.9 Å². The van der Waals surface area contributed by atoms with E-state index in [1.54, 1.807) is 39.0 Å². The van der Waals surface area contributed by atoms with Gasteiger partial charge in [-0.2, -0.15) is 0 Å². The summed E-state index contributed by atoms with van der Waals surface area (Å²) < 4.78 is 41.7. The molecule has 0 aliphatic carbocycles. The Bertz CT molecular complexity index is 2870. The number of benzene rings is 7. The van der Waals surface area contributed by atoms with Gasteiger partial charge in [-0.1, -0.05) is 121 Å². The molecule has 0 bridgehead atoms. The molecule has 0 aliphatic heterocycles. The van der Waals surface area contributed by atoms with E-state index in [1.807, 2.05) is 121 Å². The van der Waals surface area contributed by atoms with Crippen LogP contribution < -0.4 is 33.7 Å². The van der Waals surface area contributed by atoms with Crippen molar-refractivity contribution >= 4 is 23.8 Å². The first-order chi connectivity index (χ1) is 32.9. The first kappa shape index (κ1) is 47.6. The van der Waals surface area contributed by atoms with E-state index in [2.05, 4.69) is 5.32 Å². The molecule has 7 rings (SSSR count). The molecule has 12 nitrogen and oxygen atoms in total. The molecule has 0 spiro atoms. The monoisotopic (exact) mass is 913 g/mol. The zero-order chi connectivity index (χ0) is 48.0. The molecule has 1 amide bonds. The van der Waals surface area contributed by atoms with Crippen molar-refractivity contribution in [1.82, 2.24) is 5.32 Å². The second kappa shape index (κ2) is 22.7. The maximum absolute atomic E-state index is 14.4. The zero-order valence-corrected chi connectivity index (χ0v) is 38.4. The minimum absolute atomic E-state index is 0.0476. The number of ether oxygens (including phenoxy) is 7. The minimum Gasteiger partial charge on any atom is -0.497 e. The smallest absolute Gasteiger partial charge is 0.347 e. The Kier molecular flexibility index (Phi) is 15.9. The maximum atomic E-state index is 14.4. The fourth-order valence-corrected chi connectivity index (χ4v) is 7.26. The molecule has 1 atom stereocenters. The molecule has 0 saturated heterocycles. The molecule has 0 aliphatic rings. The van der Waals surface area contributed by atoms with Gasteiger partial charge in [0.2, 0.25) is 0 Å². The lowest BCUT2D eigenvalue weighted by Crippen LogP contribution is -2.40. The van der Waals surface area contributed by atoms with E-state index in [-0.39, 0.29) is 71.9 Å². The van der Waals surface area contributed by atoms with E-state index >= 15 is 0 Å². The summed E-state index contributed by atoms with van der Waals surface area (Å²) in [5, 5.41) is 2.73. The lowest BCUT2D eigenvalue weighted by atomic mass is 10.0. The largest absolute Gasteiger partial charge is 0.497 e. The van der Waals surface area contributed by atoms with Gasteiger partial charge in [0.25, 0.3) is 5.91 Å². The van der Waals surface area contributed by atoms with Crippen molar-refractivity contribution in [3.63, 3.8) is 0 Å².